The Kier molecular flexibility index (Phi) is 7.10. The van der Waals surface area contributed by atoms with Crippen LogP contribution in [0.25, 0.3) is 0 Å². The largest absolute Gasteiger partial charge is 0.508 e. The fourth-order valence-corrected chi connectivity index (χ4v) is 5.53. The lowest BCUT2D eigenvalue weighted by Gasteiger charge is -2.38. The molecule has 2 N–H and O–H groups in total. The summed E-state index contributed by atoms with van der Waals surface area (Å²) in [6.07, 6.45) is 6.36. The number of phenols is 1. The Hall–Kier alpha value is -3.09. The molecule has 1 aromatic rings. The number of hydrogen-bond acceptors (Lipinski definition) is 7. The summed E-state index contributed by atoms with van der Waals surface area (Å²) in [5.41, 5.74) is 2.83. The Morgan fingerprint density at radius 3 is 2.32 bits per heavy atom. The van der Waals surface area contributed by atoms with Gasteiger partial charge in [0.15, 0.2) is 5.78 Å². The van der Waals surface area contributed by atoms with E-state index in [1.165, 1.54) is 19.2 Å². The quantitative estimate of drug-likeness (QED) is 0.387. The maximum absolute atomic E-state index is 13.7. The molecule has 0 saturated heterocycles. The molecule has 0 unspecified atom stereocenters. The van der Waals surface area contributed by atoms with Crippen molar-refractivity contribution in [3.8, 4) is 5.75 Å². The molecule has 2 aliphatic carbocycles. The van der Waals surface area contributed by atoms with Crippen molar-refractivity contribution >= 4 is 17.7 Å². The first-order valence-corrected chi connectivity index (χ1v) is 12.1. The summed E-state index contributed by atoms with van der Waals surface area (Å²) in [7, 11) is 1.28. The number of methoxy groups -OCH3 is 1. The van der Waals surface area contributed by atoms with Crippen molar-refractivity contribution in [3.63, 3.8) is 0 Å². The highest BCUT2D eigenvalue weighted by Crippen LogP contribution is 2.45. The second kappa shape index (κ2) is 10.0. The summed E-state index contributed by atoms with van der Waals surface area (Å²) in [4.78, 5) is 39.8. The summed E-state index contributed by atoms with van der Waals surface area (Å²) >= 11 is 0. The Labute approximate surface area is 200 Å². The van der Waals surface area contributed by atoms with Crippen LogP contribution in [0.2, 0.25) is 0 Å². The van der Waals surface area contributed by atoms with Gasteiger partial charge in [0.05, 0.1) is 12.7 Å². The molecule has 34 heavy (non-hydrogen) atoms. The molecule has 7 nitrogen and oxygen atoms in total. The van der Waals surface area contributed by atoms with Crippen LogP contribution in [-0.4, -0.2) is 36.0 Å². The molecule has 1 saturated carbocycles. The summed E-state index contributed by atoms with van der Waals surface area (Å²) in [6, 6.07) is 6.49. The highest BCUT2D eigenvalue weighted by atomic mass is 16.5. The lowest BCUT2D eigenvalue weighted by Crippen LogP contribution is -2.43. The van der Waals surface area contributed by atoms with E-state index in [9.17, 15) is 19.5 Å². The van der Waals surface area contributed by atoms with Gasteiger partial charge in [-0.2, -0.15) is 0 Å². The number of hydrogen-bond donors (Lipinski definition) is 2. The highest BCUT2D eigenvalue weighted by molar-refractivity contribution is 6.12. The molecule has 1 aliphatic heterocycles. The number of rotatable bonds is 4. The number of aromatic hydroxyl groups is 1. The van der Waals surface area contributed by atoms with E-state index >= 15 is 0 Å². The first-order chi connectivity index (χ1) is 16.3. The molecule has 0 spiro atoms. The van der Waals surface area contributed by atoms with Crippen LogP contribution >= 0.6 is 0 Å². The second-order valence-corrected chi connectivity index (χ2v) is 9.65. The fourth-order valence-electron chi connectivity index (χ4n) is 5.53. The van der Waals surface area contributed by atoms with Gasteiger partial charge >= 0.3 is 11.9 Å². The molecule has 1 heterocycles. The molecule has 0 aromatic heterocycles. The Morgan fingerprint density at radius 2 is 1.71 bits per heavy atom. The highest BCUT2D eigenvalue weighted by Gasteiger charge is 2.47. The maximum atomic E-state index is 13.7. The monoisotopic (exact) mass is 467 g/mol. The first kappa shape index (κ1) is 24.0. The molecule has 0 amide bonds. The molecule has 4 rings (SSSR count). The van der Waals surface area contributed by atoms with Gasteiger partial charge in [-0.15, -0.1) is 0 Å². The van der Waals surface area contributed by atoms with Crippen LogP contribution < -0.4 is 5.32 Å². The van der Waals surface area contributed by atoms with Gasteiger partial charge in [0.1, 0.15) is 17.8 Å². The minimum Gasteiger partial charge on any atom is -0.508 e. The van der Waals surface area contributed by atoms with Crippen LogP contribution in [0, 0.1) is 11.8 Å². The summed E-state index contributed by atoms with van der Waals surface area (Å²) in [5, 5.41) is 13.1. The van der Waals surface area contributed by atoms with E-state index in [1.54, 1.807) is 12.1 Å². The van der Waals surface area contributed by atoms with E-state index in [0.717, 1.165) is 44.2 Å². The van der Waals surface area contributed by atoms with Crippen molar-refractivity contribution < 1.29 is 29.0 Å². The van der Waals surface area contributed by atoms with Crippen LogP contribution in [0.1, 0.15) is 70.3 Å². The molecule has 3 aliphatic rings. The van der Waals surface area contributed by atoms with Gasteiger partial charge < -0.3 is 19.9 Å². The minimum atomic E-state index is -0.928. The van der Waals surface area contributed by atoms with Gasteiger partial charge in [-0.25, -0.2) is 4.79 Å². The maximum Gasteiger partial charge on any atom is 0.337 e. The van der Waals surface area contributed by atoms with Gasteiger partial charge in [0.25, 0.3) is 0 Å². The van der Waals surface area contributed by atoms with Gasteiger partial charge in [-0.3, -0.25) is 9.59 Å². The number of phenolic OH excluding ortho intramolecular Hbond substituents is 1. The Bertz CT molecular complexity index is 1030. The van der Waals surface area contributed by atoms with Gasteiger partial charge in [-0.05, 0) is 62.6 Å². The number of dihydropyridines is 1. The van der Waals surface area contributed by atoms with Crippen molar-refractivity contribution in [2.45, 2.75) is 70.8 Å². The van der Waals surface area contributed by atoms with Gasteiger partial charge in [0.2, 0.25) is 0 Å². The minimum absolute atomic E-state index is 0.0891. The molecular formula is C27H33NO6. The van der Waals surface area contributed by atoms with Crippen LogP contribution in [0.4, 0.5) is 0 Å². The molecule has 1 aromatic carbocycles. The van der Waals surface area contributed by atoms with Gasteiger partial charge in [0, 0.05) is 22.9 Å². The third-order valence-electron chi connectivity index (χ3n) is 7.27. The summed E-state index contributed by atoms with van der Waals surface area (Å²) in [6.45, 7) is 3.68. The molecule has 3 atom stereocenters. The first-order valence-electron chi connectivity index (χ1n) is 12.1. The van der Waals surface area contributed by atoms with E-state index < -0.39 is 23.8 Å². The Morgan fingerprint density at radius 1 is 1.06 bits per heavy atom. The number of nitrogens with one attached hydrogen (secondary N) is 1. The van der Waals surface area contributed by atoms with Crippen LogP contribution in [0.3, 0.4) is 0 Å². The van der Waals surface area contributed by atoms with E-state index in [1.807, 2.05) is 13.8 Å². The zero-order valence-corrected chi connectivity index (χ0v) is 20.1. The lowest BCUT2D eigenvalue weighted by atomic mass is 9.69. The van der Waals surface area contributed by atoms with Crippen molar-refractivity contribution in [1.82, 2.24) is 5.32 Å². The molecule has 182 valence electrons. The standard InChI is InChI=1S/C27H33NO6/c1-15-14-20-24(25(30)21(15)26(31)33-3)23(17-10-12-18(29)13-11-17)22(16(2)28-20)27(32)34-19-8-6-4-5-7-9-19/h10-13,15,19,21,23,28-29H,4-9,14H2,1-3H3/t15-,21-,23-/m1/s1. The zero-order valence-electron chi connectivity index (χ0n) is 20.1. The molecule has 7 heteroatoms. The molecule has 1 fully saturated rings. The number of carbonyl (C=O) groups excluding carboxylic acids is 3. The van der Waals surface area contributed by atoms with Crippen molar-refractivity contribution in [1.29, 1.82) is 0 Å². The number of Topliss-reactive ketones (excluding diaryl/α,β-unsaturated/α-hetero) is 1. The predicted octanol–water partition coefficient (Wildman–Crippen LogP) is 4.27. The number of carbonyl (C=O) groups is 3. The van der Waals surface area contributed by atoms with Gasteiger partial charge in [-0.1, -0.05) is 31.9 Å². The normalized spacial score (nSPS) is 25.9. The summed E-state index contributed by atoms with van der Waals surface area (Å²) in [5.74, 6) is -3.11. The number of ketones is 1. The SMILES string of the molecule is COC(=O)[C@H]1C(=O)C2=C(C[C@H]1C)NC(C)=C(C(=O)OC1CCCCCC1)[C@H]2c1ccc(O)cc1. The second-order valence-electron chi connectivity index (χ2n) is 9.65. The average Bonchev–Trinajstić information content (AvgIpc) is 3.07. The smallest absolute Gasteiger partial charge is 0.337 e. The van der Waals surface area contributed by atoms with Crippen molar-refractivity contribution in [2.24, 2.45) is 11.8 Å². The van der Waals surface area contributed by atoms with Crippen molar-refractivity contribution in [2.75, 3.05) is 7.11 Å². The lowest BCUT2D eigenvalue weighted by molar-refractivity contribution is -0.151. The van der Waals surface area contributed by atoms with Crippen LogP contribution in [-0.2, 0) is 23.9 Å². The molecular weight excluding hydrogens is 434 g/mol. The number of esters is 2. The number of ether oxygens (including phenoxy) is 2. The molecule has 0 bridgehead atoms. The topological polar surface area (TPSA) is 102 Å². The number of benzene rings is 1. The third-order valence-corrected chi connectivity index (χ3v) is 7.27. The number of allylic oxidation sites excluding steroid dienone is 3. The predicted molar refractivity (Wildman–Crippen MR) is 126 cm³/mol. The average molecular weight is 468 g/mol. The van der Waals surface area contributed by atoms with E-state index in [-0.39, 0.29) is 23.6 Å². The van der Waals surface area contributed by atoms with Crippen LogP contribution in [0.5, 0.6) is 5.75 Å². The Balaban J connectivity index is 1.76. The van der Waals surface area contributed by atoms with E-state index in [2.05, 4.69) is 5.32 Å². The molecule has 0 radical (unpaired) electrons. The van der Waals surface area contributed by atoms with E-state index in [4.69, 9.17) is 9.47 Å². The third kappa shape index (κ3) is 4.61. The van der Waals surface area contributed by atoms with Crippen LogP contribution in [0.15, 0.2) is 46.8 Å². The summed E-state index contributed by atoms with van der Waals surface area (Å²) < 4.78 is 10.9. The fraction of sp³-hybridized carbons (Fsp3) is 0.519. The van der Waals surface area contributed by atoms with Crippen molar-refractivity contribution in [3.05, 3.63) is 52.4 Å². The zero-order chi connectivity index (χ0) is 24.4. The van der Waals surface area contributed by atoms with E-state index in [0.29, 0.717) is 28.8 Å².